The Morgan fingerprint density at radius 1 is 1.55 bits per heavy atom. The van der Waals surface area contributed by atoms with Crippen LogP contribution >= 0.6 is 0 Å². The van der Waals surface area contributed by atoms with Gasteiger partial charge in [0.2, 0.25) is 0 Å². The SMILES string of the molecule is N#CCC1(CS(=O)(=O)F)CC1. The van der Waals surface area contributed by atoms with Gasteiger partial charge in [-0.2, -0.15) is 13.7 Å². The monoisotopic (exact) mass is 177 g/mol. The standard InChI is InChI=1S/C6H8FNO2S/c7-11(9,10)5-6(1-2-6)3-4-8/h1-3,5H2. The second-order valence-corrected chi connectivity index (χ2v) is 4.38. The summed E-state index contributed by atoms with van der Waals surface area (Å²) in [6, 6.07) is 1.86. The maximum Gasteiger partial charge on any atom is 0.302 e. The van der Waals surface area contributed by atoms with Crippen molar-refractivity contribution in [2.24, 2.45) is 5.41 Å². The highest BCUT2D eigenvalue weighted by Gasteiger charge is 2.46. The van der Waals surface area contributed by atoms with Crippen LogP contribution in [0.4, 0.5) is 3.89 Å². The number of hydrogen-bond acceptors (Lipinski definition) is 3. The van der Waals surface area contributed by atoms with Crippen LogP contribution in [0.15, 0.2) is 0 Å². The van der Waals surface area contributed by atoms with Crippen molar-refractivity contribution in [3.63, 3.8) is 0 Å². The highest BCUT2D eigenvalue weighted by molar-refractivity contribution is 7.86. The first-order valence-electron chi connectivity index (χ1n) is 3.27. The number of nitriles is 1. The van der Waals surface area contributed by atoms with E-state index in [-0.39, 0.29) is 6.42 Å². The molecule has 5 heteroatoms. The smallest absolute Gasteiger partial charge is 0.198 e. The van der Waals surface area contributed by atoms with Gasteiger partial charge in [-0.3, -0.25) is 0 Å². The molecule has 0 saturated heterocycles. The molecule has 3 nitrogen and oxygen atoms in total. The van der Waals surface area contributed by atoms with Crippen LogP contribution in [0.2, 0.25) is 0 Å². The van der Waals surface area contributed by atoms with Crippen molar-refractivity contribution in [1.82, 2.24) is 0 Å². The first-order chi connectivity index (χ1) is 4.97. The molecule has 0 aromatic carbocycles. The summed E-state index contributed by atoms with van der Waals surface area (Å²) in [6.45, 7) is 0. The van der Waals surface area contributed by atoms with Crippen LogP contribution in [0.1, 0.15) is 19.3 Å². The van der Waals surface area contributed by atoms with Gasteiger partial charge in [-0.15, -0.1) is 3.89 Å². The Labute approximate surface area is 65.0 Å². The number of nitrogens with zero attached hydrogens (tertiary/aromatic N) is 1. The van der Waals surface area contributed by atoms with E-state index in [0.717, 1.165) is 0 Å². The molecule has 11 heavy (non-hydrogen) atoms. The maximum atomic E-state index is 12.1. The van der Waals surface area contributed by atoms with Crippen molar-refractivity contribution in [1.29, 1.82) is 5.26 Å². The molecule has 1 aliphatic rings. The number of hydrogen-bond donors (Lipinski definition) is 0. The minimum absolute atomic E-state index is 0.149. The Balaban J connectivity index is 2.57. The molecule has 1 rings (SSSR count). The van der Waals surface area contributed by atoms with Crippen LogP contribution in [0.3, 0.4) is 0 Å². The third kappa shape index (κ3) is 2.46. The normalized spacial score (nSPS) is 20.7. The zero-order valence-electron chi connectivity index (χ0n) is 5.88. The largest absolute Gasteiger partial charge is 0.302 e. The number of halogens is 1. The highest BCUT2D eigenvalue weighted by atomic mass is 32.3. The van der Waals surface area contributed by atoms with Crippen molar-refractivity contribution in [2.75, 3.05) is 5.75 Å². The van der Waals surface area contributed by atoms with Gasteiger partial charge >= 0.3 is 10.2 Å². The quantitative estimate of drug-likeness (QED) is 0.604. The van der Waals surface area contributed by atoms with Gasteiger partial charge in [0.05, 0.1) is 11.8 Å². The van der Waals surface area contributed by atoms with E-state index in [0.29, 0.717) is 12.8 Å². The first kappa shape index (κ1) is 8.47. The Kier molecular flexibility index (Phi) is 1.89. The Hall–Kier alpha value is -0.630. The molecule has 1 saturated carbocycles. The second kappa shape index (κ2) is 2.45. The summed E-state index contributed by atoms with van der Waals surface area (Å²) in [6.07, 6.45) is 1.46. The molecular formula is C6H8FNO2S. The summed E-state index contributed by atoms with van der Waals surface area (Å²) in [4.78, 5) is 0. The van der Waals surface area contributed by atoms with Crippen molar-refractivity contribution >= 4 is 10.2 Å². The van der Waals surface area contributed by atoms with E-state index in [1.165, 1.54) is 0 Å². The van der Waals surface area contributed by atoms with E-state index in [9.17, 15) is 12.3 Å². The summed E-state index contributed by atoms with van der Waals surface area (Å²) in [5.41, 5.74) is -0.539. The fourth-order valence-electron chi connectivity index (χ4n) is 1.08. The van der Waals surface area contributed by atoms with Crippen LogP contribution in [-0.4, -0.2) is 14.2 Å². The van der Waals surface area contributed by atoms with Crippen LogP contribution in [0.5, 0.6) is 0 Å². The fourth-order valence-corrected chi connectivity index (χ4v) is 2.20. The van der Waals surface area contributed by atoms with Gasteiger partial charge in [-0.25, -0.2) is 0 Å². The van der Waals surface area contributed by atoms with E-state index < -0.39 is 21.4 Å². The lowest BCUT2D eigenvalue weighted by atomic mass is 10.1. The van der Waals surface area contributed by atoms with Gasteiger partial charge in [0.25, 0.3) is 0 Å². The molecule has 0 aliphatic heterocycles. The van der Waals surface area contributed by atoms with Gasteiger partial charge < -0.3 is 0 Å². The highest BCUT2D eigenvalue weighted by Crippen LogP contribution is 2.49. The van der Waals surface area contributed by atoms with Crippen molar-refractivity contribution in [2.45, 2.75) is 19.3 Å². The molecule has 62 valence electrons. The summed E-state index contributed by atoms with van der Waals surface area (Å²) in [5, 5.41) is 8.27. The molecule has 0 aromatic rings. The van der Waals surface area contributed by atoms with Gasteiger partial charge in [0.15, 0.2) is 0 Å². The summed E-state index contributed by atoms with van der Waals surface area (Å²) in [7, 11) is -4.39. The summed E-state index contributed by atoms with van der Waals surface area (Å²) >= 11 is 0. The molecule has 0 atom stereocenters. The zero-order valence-corrected chi connectivity index (χ0v) is 6.69. The van der Waals surface area contributed by atoms with E-state index in [4.69, 9.17) is 5.26 Å². The molecule has 0 amide bonds. The average molecular weight is 177 g/mol. The molecule has 0 heterocycles. The molecule has 0 radical (unpaired) electrons. The van der Waals surface area contributed by atoms with Crippen LogP contribution in [-0.2, 0) is 10.2 Å². The fraction of sp³-hybridized carbons (Fsp3) is 0.833. The lowest BCUT2D eigenvalue weighted by Crippen LogP contribution is -2.12. The van der Waals surface area contributed by atoms with Crippen LogP contribution < -0.4 is 0 Å². The van der Waals surface area contributed by atoms with Crippen molar-refractivity contribution in [3.05, 3.63) is 0 Å². The van der Waals surface area contributed by atoms with Crippen LogP contribution in [0, 0.1) is 16.7 Å². The van der Waals surface area contributed by atoms with Gasteiger partial charge in [0.1, 0.15) is 0 Å². The molecule has 0 N–H and O–H groups in total. The minimum atomic E-state index is -4.39. The van der Waals surface area contributed by atoms with E-state index in [1.54, 1.807) is 0 Å². The lowest BCUT2D eigenvalue weighted by molar-refractivity contribution is 0.514. The van der Waals surface area contributed by atoms with E-state index in [1.807, 2.05) is 6.07 Å². The average Bonchev–Trinajstić information content (AvgIpc) is 2.44. The molecule has 1 aliphatic carbocycles. The van der Waals surface area contributed by atoms with Gasteiger partial charge in [-0.05, 0) is 18.3 Å². The Morgan fingerprint density at radius 3 is 2.36 bits per heavy atom. The lowest BCUT2D eigenvalue weighted by Gasteiger charge is -2.04. The number of rotatable bonds is 3. The molecule has 1 fully saturated rings. The third-order valence-corrected chi connectivity index (χ3v) is 2.85. The zero-order chi connectivity index (χ0) is 8.54. The second-order valence-electron chi connectivity index (χ2n) is 3.02. The topological polar surface area (TPSA) is 57.9 Å². The van der Waals surface area contributed by atoms with Gasteiger partial charge in [0, 0.05) is 6.42 Å². The predicted octanol–water partition coefficient (Wildman–Crippen LogP) is 0.980. The minimum Gasteiger partial charge on any atom is -0.198 e. The van der Waals surface area contributed by atoms with E-state index in [2.05, 4.69) is 0 Å². The van der Waals surface area contributed by atoms with Gasteiger partial charge in [-0.1, -0.05) is 0 Å². The van der Waals surface area contributed by atoms with Crippen LogP contribution in [0.25, 0.3) is 0 Å². The molecule has 0 unspecified atom stereocenters. The molecular weight excluding hydrogens is 169 g/mol. The third-order valence-electron chi connectivity index (χ3n) is 1.89. The van der Waals surface area contributed by atoms with Crippen molar-refractivity contribution in [3.8, 4) is 6.07 Å². The summed E-state index contributed by atoms with van der Waals surface area (Å²) in [5.74, 6) is -0.479. The molecule has 0 spiro atoms. The van der Waals surface area contributed by atoms with Crippen molar-refractivity contribution < 1.29 is 12.3 Å². The molecule has 0 aromatic heterocycles. The molecule has 0 bridgehead atoms. The van der Waals surface area contributed by atoms with E-state index >= 15 is 0 Å². The maximum absolute atomic E-state index is 12.1. The Bertz CT molecular complexity index is 286. The summed E-state index contributed by atoms with van der Waals surface area (Å²) < 4.78 is 32.5. The Morgan fingerprint density at radius 2 is 2.09 bits per heavy atom. The predicted molar refractivity (Wildman–Crippen MR) is 36.8 cm³/mol. The first-order valence-corrected chi connectivity index (χ1v) is 4.82.